The van der Waals surface area contributed by atoms with Gasteiger partial charge in [0.15, 0.2) is 5.12 Å². The van der Waals surface area contributed by atoms with Crippen molar-refractivity contribution in [2.45, 2.75) is 13.5 Å². The molecule has 0 aliphatic carbocycles. The summed E-state index contributed by atoms with van der Waals surface area (Å²) in [5.74, 6) is 0.169. The molecule has 0 fully saturated rings. The van der Waals surface area contributed by atoms with Gasteiger partial charge in [0.25, 0.3) is 0 Å². The number of hydrogen-bond acceptors (Lipinski definition) is 3. The molecular weight excluding hydrogens is 227 g/mol. The first kappa shape index (κ1) is 12.9. The monoisotopic (exact) mass is 240 g/mol. The zero-order chi connectivity index (χ0) is 12.0. The highest BCUT2D eigenvalue weighted by atomic mass is 32.2. The molecule has 0 heterocycles. The molecule has 0 spiro atoms. The van der Waals surface area contributed by atoms with Crippen molar-refractivity contribution in [1.82, 2.24) is 0 Å². The quantitative estimate of drug-likeness (QED) is 0.879. The highest BCUT2D eigenvalue weighted by Crippen LogP contribution is 2.12. The second-order valence-corrected chi connectivity index (χ2v) is 4.41. The van der Waals surface area contributed by atoms with E-state index < -0.39 is 5.82 Å². The molecule has 0 amide bonds. The van der Waals surface area contributed by atoms with Gasteiger partial charge in [0.05, 0.1) is 6.61 Å². The summed E-state index contributed by atoms with van der Waals surface area (Å²) < 4.78 is 13.2. The van der Waals surface area contributed by atoms with E-state index in [1.807, 2.05) is 0 Å². The Balaban J connectivity index is 2.61. The van der Waals surface area contributed by atoms with Crippen LogP contribution in [0.1, 0.15) is 18.1 Å². The SMILES string of the molecule is CC(=O)SCC=Cc1ccc(CO)c(F)c1. The number of thioether (sulfide) groups is 1. The fraction of sp³-hybridized carbons (Fsp3) is 0.250. The average Bonchev–Trinajstić information content (AvgIpc) is 2.24. The molecule has 16 heavy (non-hydrogen) atoms. The number of benzene rings is 1. The van der Waals surface area contributed by atoms with Gasteiger partial charge < -0.3 is 5.11 Å². The summed E-state index contributed by atoms with van der Waals surface area (Å²) in [5.41, 5.74) is 1.01. The van der Waals surface area contributed by atoms with Crippen LogP contribution in [0.25, 0.3) is 6.08 Å². The average molecular weight is 240 g/mol. The molecule has 1 aromatic carbocycles. The normalized spacial score (nSPS) is 10.9. The van der Waals surface area contributed by atoms with Gasteiger partial charge in [0.1, 0.15) is 5.82 Å². The Morgan fingerprint density at radius 3 is 2.88 bits per heavy atom. The van der Waals surface area contributed by atoms with E-state index in [9.17, 15) is 9.18 Å². The van der Waals surface area contributed by atoms with Crippen molar-refractivity contribution in [2.75, 3.05) is 5.75 Å². The molecule has 0 atom stereocenters. The van der Waals surface area contributed by atoms with Crippen LogP contribution in [0.4, 0.5) is 4.39 Å². The van der Waals surface area contributed by atoms with E-state index in [1.165, 1.54) is 24.8 Å². The minimum Gasteiger partial charge on any atom is -0.392 e. The molecule has 1 N–H and O–H groups in total. The Morgan fingerprint density at radius 1 is 1.56 bits per heavy atom. The molecule has 4 heteroatoms. The van der Waals surface area contributed by atoms with Crippen LogP contribution in [0.5, 0.6) is 0 Å². The molecule has 0 saturated heterocycles. The molecule has 0 unspecified atom stereocenters. The van der Waals surface area contributed by atoms with E-state index in [4.69, 9.17) is 5.11 Å². The van der Waals surface area contributed by atoms with Crippen molar-refractivity contribution in [3.63, 3.8) is 0 Å². The van der Waals surface area contributed by atoms with E-state index in [-0.39, 0.29) is 17.3 Å². The van der Waals surface area contributed by atoms with Crippen molar-refractivity contribution < 1.29 is 14.3 Å². The molecule has 0 saturated carbocycles. The topological polar surface area (TPSA) is 37.3 Å². The predicted octanol–water partition coefficient (Wildman–Crippen LogP) is 2.61. The number of carbonyl (C=O) groups is 1. The standard InChI is InChI=1S/C12H13FO2S/c1-9(15)16-6-2-3-10-4-5-11(8-14)12(13)7-10/h2-5,7,14H,6,8H2,1H3. The zero-order valence-electron chi connectivity index (χ0n) is 8.94. The minimum absolute atomic E-state index is 0.0615. The van der Waals surface area contributed by atoms with Crippen molar-refractivity contribution in [3.05, 3.63) is 41.2 Å². The molecular formula is C12H13FO2S. The molecule has 0 bridgehead atoms. The van der Waals surface area contributed by atoms with Crippen LogP contribution >= 0.6 is 11.8 Å². The molecule has 0 aliphatic heterocycles. The Bertz CT molecular complexity index is 402. The van der Waals surface area contributed by atoms with Crippen LogP contribution in [0.2, 0.25) is 0 Å². The Morgan fingerprint density at radius 2 is 2.31 bits per heavy atom. The van der Waals surface area contributed by atoms with Gasteiger partial charge in [0, 0.05) is 18.2 Å². The van der Waals surface area contributed by atoms with Gasteiger partial charge in [-0.15, -0.1) is 0 Å². The van der Waals surface area contributed by atoms with Gasteiger partial charge in [-0.3, -0.25) is 4.79 Å². The Labute approximate surface area is 98.2 Å². The summed E-state index contributed by atoms with van der Waals surface area (Å²) in [6.45, 7) is 1.21. The minimum atomic E-state index is -0.413. The maximum Gasteiger partial charge on any atom is 0.186 e. The van der Waals surface area contributed by atoms with Gasteiger partial charge in [-0.05, 0) is 11.6 Å². The van der Waals surface area contributed by atoms with Gasteiger partial charge in [0.2, 0.25) is 0 Å². The Hall–Kier alpha value is -1.13. The van der Waals surface area contributed by atoms with E-state index in [0.717, 1.165) is 5.56 Å². The summed E-state index contributed by atoms with van der Waals surface area (Å²) >= 11 is 1.20. The van der Waals surface area contributed by atoms with Gasteiger partial charge in [-0.1, -0.05) is 36.0 Å². The number of hydrogen-bond donors (Lipinski definition) is 1. The third-order valence-corrected chi connectivity index (χ3v) is 2.71. The lowest BCUT2D eigenvalue weighted by Gasteiger charge is -1.99. The number of aliphatic hydroxyl groups excluding tert-OH is 1. The molecule has 86 valence electrons. The molecule has 0 aliphatic rings. The number of rotatable bonds is 4. The third-order valence-electron chi connectivity index (χ3n) is 1.94. The number of halogens is 1. The highest BCUT2D eigenvalue weighted by molar-refractivity contribution is 8.13. The molecule has 0 radical (unpaired) electrons. The second-order valence-electron chi connectivity index (χ2n) is 3.21. The summed E-state index contributed by atoms with van der Waals surface area (Å²) in [4.78, 5) is 10.6. The lowest BCUT2D eigenvalue weighted by Crippen LogP contribution is -1.89. The third kappa shape index (κ3) is 4.16. The van der Waals surface area contributed by atoms with E-state index >= 15 is 0 Å². The van der Waals surface area contributed by atoms with Crippen molar-refractivity contribution in [1.29, 1.82) is 0 Å². The maximum atomic E-state index is 13.2. The lowest BCUT2D eigenvalue weighted by molar-refractivity contribution is -0.109. The summed E-state index contributed by atoms with van der Waals surface area (Å²) in [5, 5.41) is 8.85. The van der Waals surface area contributed by atoms with Crippen molar-refractivity contribution in [3.8, 4) is 0 Å². The van der Waals surface area contributed by atoms with Crippen LogP contribution in [-0.2, 0) is 11.4 Å². The van der Waals surface area contributed by atoms with Gasteiger partial charge >= 0.3 is 0 Å². The summed E-state index contributed by atoms with van der Waals surface area (Å²) in [7, 11) is 0. The first-order valence-electron chi connectivity index (χ1n) is 4.82. The number of aliphatic hydroxyl groups is 1. The van der Waals surface area contributed by atoms with Crippen LogP contribution in [0, 0.1) is 5.82 Å². The summed E-state index contributed by atoms with van der Waals surface area (Å²) in [6, 6.07) is 4.64. The van der Waals surface area contributed by atoms with E-state index in [0.29, 0.717) is 5.75 Å². The maximum absolute atomic E-state index is 13.2. The second kappa shape index (κ2) is 6.45. The molecule has 2 nitrogen and oxygen atoms in total. The Kier molecular flexibility index (Phi) is 5.22. The van der Waals surface area contributed by atoms with Gasteiger partial charge in [-0.2, -0.15) is 0 Å². The fourth-order valence-electron chi connectivity index (χ4n) is 1.15. The molecule has 0 aromatic heterocycles. The zero-order valence-corrected chi connectivity index (χ0v) is 9.76. The van der Waals surface area contributed by atoms with E-state index in [2.05, 4.69) is 0 Å². The smallest absolute Gasteiger partial charge is 0.186 e. The summed E-state index contributed by atoms with van der Waals surface area (Å²) in [6.07, 6.45) is 3.56. The first-order chi connectivity index (χ1) is 7.63. The predicted molar refractivity (Wildman–Crippen MR) is 64.5 cm³/mol. The number of carbonyl (C=O) groups excluding carboxylic acids is 1. The van der Waals surface area contributed by atoms with Crippen molar-refractivity contribution in [2.24, 2.45) is 0 Å². The lowest BCUT2D eigenvalue weighted by atomic mass is 10.1. The van der Waals surface area contributed by atoms with E-state index in [1.54, 1.807) is 24.3 Å². The molecule has 1 aromatic rings. The van der Waals surface area contributed by atoms with Crippen LogP contribution in [0.3, 0.4) is 0 Å². The van der Waals surface area contributed by atoms with Gasteiger partial charge in [-0.25, -0.2) is 4.39 Å². The van der Waals surface area contributed by atoms with Crippen LogP contribution in [-0.4, -0.2) is 16.0 Å². The largest absolute Gasteiger partial charge is 0.392 e. The first-order valence-corrected chi connectivity index (χ1v) is 5.81. The van der Waals surface area contributed by atoms with Crippen LogP contribution in [0.15, 0.2) is 24.3 Å². The fourth-order valence-corrected chi connectivity index (χ4v) is 1.57. The highest BCUT2D eigenvalue weighted by Gasteiger charge is 2.00. The molecule has 1 rings (SSSR count). The van der Waals surface area contributed by atoms with Crippen molar-refractivity contribution >= 4 is 23.0 Å². The van der Waals surface area contributed by atoms with Crippen LogP contribution < -0.4 is 0 Å².